The van der Waals surface area contributed by atoms with Gasteiger partial charge in [-0.3, -0.25) is 0 Å². The lowest BCUT2D eigenvalue weighted by atomic mass is 10.0. The van der Waals surface area contributed by atoms with Gasteiger partial charge in [-0.15, -0.1) is 0 Å². The highest BCUT2D eigenvalue weighted by molar-refractivity contribution is 7.89. The molecule has 1 saturated heterocycles. The Kier molecular flexibility index (Phi) is 4.11. The lowest BCUT2D eigenvalue weighted by molar-refractivity contribution is 0.297. The van der Waals surface area contributed by atoms with Crippen molar-refractivity contribution in [3.8, 4) is 11.5 Å². The average Bonchev–Trinajstić information content (AvgIpc) is 2.97. The van der Waals surface area contributed by atoms with Crippen LogP contribution >= 0.6 is 0 Å². The maximum absolute atomic E-state index is 13.5. The molecule has 0 radical (unpaired) electrons. The van der Waals surface area contributed by atoms with Gasteiger partial charge in [0.15, 0.2) is 0 Å². The van der Waals surface area contributed by atoms with Gasteiger partial charge in [-0.25, -0.2) is 18.4 Å². The van der Waals surface area contributed by atoms with Gasteiger partial charge in [-0.1, -0.05) is 0 Å². The largest absolute Gasteiger partial charge is 0.497 e. The molecular formula is C18H21N3O4S. The number of hydrogen-bond donors (Lipinski definition) is 0. The predicted octanol–water partition coefficient (Wildman–Crippen LogP) is 2.25. The molecule has 0 spiro atoms. The number of fused-ring (bicyclic) bond motifs is 4. The third-order valence-corrected chi connectivity index (χ3v) is 7.16. The molecule has 1 aromatic heterocycles. The summed E-state index contributed by atoms with van der Waals surface area (Å²) in [5.41, 5.74) is 1.88. The first-order valence-electron chi connectivity index (χ1n) is 8.53. The molecule has 2 aromatic rings. The minimum atomic E-state index is -3.75. The molecule has 2 aliphatic rings. The molecule has 2 aliphatic heterocycles. The Morgan fingerprint density at radius 1 is 1.19 bits per heavy atom. The topological polar surface area (TPSA) is 81.6 Å². The zero-order chi connectivity index (χ0) is 18.5. The summed E-state index contributed by atoms with van der Waals surface area (Å²) in [7, 11) is -0.771. The van der Waals surface area contributed by atoms with Gasteiger partial charge in [0.2, 0.25) is 10.0 Å². The normalized spacial score (nSPS) is 22.1. The molecule has 26 heavy (non-hydrogen) atoms. The van der Waals surface area contributed by atoms with Crippen LogP contribution in [0.15, 0.2) is 29.3 Å². The molecule has 0 saturated carbocycles. The van der Waals surface area contributed by atoms with Crippen LogP contribution in [0.4, 0.5) is 0 Å². The highest BCUT2D eigenvalue weighted by Gasteiger charge is 2.48. The minimum Gasteiger partial charge on any atom is -0.497 e. The number of hydrogen-bond acceptors (Lipinski definition) is 6. The van der Waals surface area contributed by atoms with Gasteiger partial charge in [0.05, 0.1) is 26.0 Å². The van der Waals surface area contributed by atoms with Crippen molar-refractivity contribution in [2.45, 2.75) is 43.2 Å². The van der Waals surface area contributed by atoms with Crippen molar-refractivity contribution < 1.29 is 17.9 Å². The Bertz CT molecular complexity index is 961. The highest BCUT2D eigenvalue weighted by atomic mass is 32.2. The van der Waals surface area contributed by atoms with Crippen LogP contribution in [-0.2, 0) is 16.4 Å². The molecule has 3 heterocycles. The summed E-state index contributed by atoms with van der Waals surface area (Å²) in [5.74, 6) is 1.51. The molecule has 2 atom stereocenters. The summed E-state index contributed by atoms with van der Waals surface area (Å²) in [6.45, 7) is 1.85. The van der Waals surface area contributed by atoms with E-state index in [9.17, 15) is 8.42 Å². The van der Waals surface area contributed by atoms with Crippen LogP contribution in [0, 0.1) is 6.92 Å². The molecule has 0 N–H and O–H groups in total. The van der Waals surface area contributed by atoms with E-state index >= 15 is 0 Å². The monoisotopic (exact) mass is 375 g/mol. The SMILES string of the molecule is COc1ccc(OC)c(S(=O)(=O)N2C3CCC2c2cnc(C)nc2C3)c1. The summed E-state index contributed by atoms with van der Waals surface area (Å²) in [4.78, 5) is 8.94. The second-order valence-electron chi connectivity index (χ2n) is 6.62. The minimum absolute atomic E-state index is 0.0947. The van der Waals surface area contributed by atoms with Crippen molar-refractivity contribution in [2.75, 3.05) is 14.2 Å². The molecule has 4 rings (SSSR count). The van der Waals surface area contributed by atoms with Crippen LogP contribution in [0.1, 0.15) is 36.0 Å². The number of aromatic nitrogens is 2. The van der Waals surface area contributed by atoms with E-state index < -0.39 is 10.0 Å². The Morgan fingerprint density at radius 3 is 2.73 bits per heavy atom. The fraction of sp³-hybridized carbons (Fsp3) is 0.444. The lowest BCUT2D eigenvalue weighted by Gasteiger charge is -2.34. The first-order valence-corrected chi connectivity index (χ1v) is 9.97. The zero-order valence-electron chi connectivity index (χ0n) is 15.0. The summed E-state index contributed by atoms with van der Waals surface area (Å²) in [5, 5.41) is 0. The van der Waals surface area contributed by atoms with E-state index in [2.05, 4.69) is 9.97 Å². The fourth-order valence-corrected chi connectivity index (χ4v) is 6.02. The third kappa shape index (κ3) is 2.55. The van der Waals surface area contributed by atoms with Crippen LogP contribution in [0.25, 0.3) is 0 Å². The van der Waals surface area contributed by atoms with Crippen LogP contribution < -0.4 is 9.47 Å². The van der Waals surface area contributed by atoms with E-state index in [1.165, 1.54) is 20.3 Å². The molecule has 1 fully saturated rings. The summed E-state index contributed by atoms with van der Waals surface area (Å²) in [6, 6.07) is 4.51. The second kappa shape index (κ2) is 6.21. The van der Waals surface area contributed by atoms with Crippen molar-refractivity contribution in [1.82, 2.24) is 14.3 Å². The van der Waals surface area contributed by atoms with Crippen LogP contribution in [0.3, 0.4) is 0 Å². The van der Waals surface area contributed by atoms with Crippen molar-refractivity contribution >= 4 is 10.0 Å². The molecule has 2 bridgehead atoms. The average molecular weight is 375 g/mol. The van der Waals surface area contributed by atoms with Crippen molar-refractivity contribution in [3.05, 3.63) is 41.5 Å². The number of rotatable bonds is 4. The van der Waals surface area contributed by atoms with Gasteiger partial charge in [-0.05, 0) is 31.9 Å². The van der Waals surface area contributed by atoms with E-state index in [4.69, 9.17) is 9.47 Å². The van der Waals surface area contributed by atoms with Crippen LogP contribution in [0.2, 0.25) is 0 Å². The van der Waals surface area contributed by atoms with E-state index in [0.29, 0.717) is 23.7 Å². The number of nitrogens with zero attached hydrogens (tertiary/aromatic N) is 3. The summed E-state index contributed by atoms with van der Waals surface area (Å²) >= 11 is 0. The van der Waals surface area contributed by atoms with Gasteiger partial charge in [0, 0.05) is 30.3 Å². The van der Waals surface area contributed by atoms with Crippen molar-refractivity contribution in [1.29, 1.82) is 0 Å². The molecule has 0 aliphatic carbocycles. The van der Waals surface area contributed by atoms with Gasteiger partial charge < -0.3 is 9.47 Å². The third-order valence-electron chi connectivity index (χ3n) is 5.18. The van der Waals surface area contributed by atoms with E-state index in [1.807, 2.05) is 6.92 Å². The van der Waals surface area contributed by atoms with Crippen molar-refractivity contribution in [3.63, 3.8) is 0 Å². The molecule has 2 unspecified atom stereocenters. The quantitative estimate of drug-likeness (QED) is 0.815. The van der Waals surface area contributed by atoms with Gasteiger partial charge >= 0.3 is 0 Å². The number of methoxy groups -OCH3 is 2. The summed E-state index contributed by atoms with van der Waals surface area (Å²) < 4.78 is 39.2. The molecule has 7 nitrogen and oxygen atoms in total. The lowest BCUT2D eigenvalue weighted by Crippen LogP contribution is -2.42. The Morgan fingerprint density at radius 2 is 2.00 bits per heavy atom. The Balaban J connectivity index is 1.82. The second-order valence-corrected chi connectivity index (χ2v) is 8.43. The van der Waals surface area contributed by atoms with Gasteiger partial charge in [0.1, 0.15) is 22.2 Å². The molecule has 138 valence electrons. The maximum Gasteiger partial charge on any atom is 0.247 e. The zero-order valence-corrected chi connectivity index (χ0v) is 15.8. The number of ether oxygens (including phenoxy) is 2. The number of sulfonamides is 1. The summed E-state index contributed by atoms with van der Waals surface area (Å²) in [6.07, 6.45) is 3.97. The Labute approximate surface area is 153 Å². The molecule has 0 amide bonds. The predicted molar refractivity (Wildman–Crippen MR) is 94.8 cm³/mol. The number of benzene rings is 1. The molecule has 1 aromatic carbocycles. The highest BCUT2D eigenvalue weighted by Crippen LogP contribution is 2.47. The van der Waals surface area contributed by atoms with Gasteiger partial charge in [-0.2, -0.15) is 4.31 Å². The van der Waals surface area contributed by atoms with E-state index in [1.54, 1.807) is 22.6 Å². The molecular weight excluding hydrogens is 354 g/mol. The van der Waals surface area contributed by atoms with E-state index in [0.717, 1.165) is 24.1 Å². The van der Waals surface area contributed by atoms with Crippen molar-refractivity contribution in [2.24, 2.45) is 0 Å². The smallest absolute Gasteiger partial charge is 0.247 e. The van der Waals surface area contributed by atoms with Crippen LogP contribution in [-0.4, -0.2) is 43.0 Å². The first kappa shape index (κ1) is 17.2. The standard InChI is InChI=1S/C18H21N3O4S/c1-11-19-10-14-15(20-11)8-12-4-6-16(14)21(12)26(22,23)18-9-13(24-2)5-7-17(18)25-3/h5,7,9-10,12,16H,4,6,8H2,1-3H3. The van der Waals surface area contributed by atoms with E-state index in [-0.39, 0.29) is 17.0 Å². The van der Waals surface area contributed by atoms with Crippen LogP contribution in [0.5, 0.6) is 11.5 Å². The fourth-order valence-electron chi connectivity index (χ4n) is 4.00. The van der Waals surface area contributed by atoms with Gasteiger partial charge in [0.25, 0.3) is 0 Å². The first-order chi connectivity index (χ1) is 12.5. The maximum atomic E-state index is 13.5. The number of aryl methyl sites for hydroxylation is 1. The Hall–Kier alpha value is -2.19. The molecule has 8 heteroatoms.